The van der Waals surface area contributed by atoms with Crippen LogP contribution >= 0.6 is 35.3 Å². The van der Waals surface area contributed by atoms with Crippen LogP contribution < -0.4 is 10.6 Å². The second-order valence-corrected chi connectivity index (χ2v) is 9.69. The van der Waals surface area contributed by atoms with Crippen LogP contribution in [0.15, 0.2) is 28.6 Å². The van der Waals surface area contributed by atoms with Gasteiger partial charge in [0.1, 0.15) is 5.82 Å². The van der Waals surface area contributed by atoms with Crippen molar-refractivity contribution >= 4 is 47.3 Å². The number of hydrogen-bond acceptors (Lipinski definition) is 6. The number of thioether (sulfide) groups is 1. The lowest BCUT2D eigenvalue weighted by atomic mass is 10.1. The van der Waals surface area contributed by atoms with Crippen molar-refractivity contribution in [1.29, 1.82) is 0 Å². The zero-order chi connectivity index (χ0) is 19.5. The minimum atomic E-state index is -0.542. The molecule has 10 heteroatoms. The average Bonchev–Trinajstić information content (AvgIpc) is 2.86. The minimum absolute atomic E-state index is 0.344. The number of imide groups is 1. The molecule has 1 aromatic heterocycles. The quantitative estimate of drug-likeness (QED) is 0.586. The molecule has 2 aromatic rings. The van der Waals surface area contributed by atoms with Gasteiger partial charge in [0, 0.05) is 5.54 Å². The van der Waals surface area contributed by atoms with E-state index in [4.69, 9.17) is 12.2 Å². The van der Waals surface area contributed by atoms with Gasteiger partial charge < -0.3 is 5.32 Å². The highest BCUT2D eigenvalue weighted by atomic mass is 32.2. The van der Waals surface area contributed by atoms with Crippen molar-refractivity contribution in [2.75, 3.05) is 0 Å². The van der Waals surface area contributed by atoms with E-state index in [0.717, 1.165) is 0 Å². The van der Waals surface area contributed by atoms with E-state index in [1.54, 1.807) is 19.1 Å². The van der Waals surface area contributed by atoms with Crippen molar-refractivity contribution in [3.05, 3.63) is 34.0 Å². The summed E-state index contributed by atoms with van der Waals surface area (Å²) in [5, 5.41) is 8.79. The summed E-state index contributed by atoms with van der Waals surface area (Å²) in [6, 6.07) is 5.26. The highest BCUT2D eigenvalue weighted by Crippen LogP contribution is 2.27. The molecule has 3 amide bonds. The van der Waals surface area contributed by atoms with Crippen LogP contribution in [0.2, 0.25) is 0 Å². The predicted octanol–water partition coefficient (Wildman–Crippen LogP) is 3.91. The van der Waals surface area contributed by atoms with Gasteiger partial charge >= 0.3 is 6.03 Å². The van der Waals surface area contributed by atoms with Gasteiger partial charge in [-0.05, 0) is 64.2 Å². The molecular formula is C16H19FN4O2S3. The number of nitrogens with zero attached hydrogens (tertiary/aromatic N) is 2. The standard InChI is InChI=1S/C16H19FN4O2S3/c1-9(12(22)18-13(23)19-16(2,3)4)25-14-20-21(15(24)26-14)11-7-5-10(17)6-8-11/h5-9H,1-4H3,(H2,18,19,22,23)/t9-/m0/s1. The van der Waals surface area contributed by atoms with Crippen molar-refractivity contribution < 1.29 is 14.0 Å². The Kier molecular flexibility index (Phi) is 6.53. The van der Waals surface area contributed by atoms with Crippen LogP contribution in [0.4, 0.5) is 9.18 Å². The highest BCUT2D eigenvalue weighted by Gasteiger charge is 2.21. The first-order chi connectivity index (χ1) is 12.0. The maximum absolute atomic E-state index is 13.0. The monoisotopic (exact) mass is 414 g/mol. The number of urea groups is 1. The predicted molar refractivity (Wildman–Crippen MR) is 104 cm³/mol. The van der Waals surface area contributed by atoms with E-state index in [-0.39, 0.29) is 5.82 Å². The molecule has 0 unspecified atom stereocenters. The third kappa shape index (κ3) is 5.89. The minimum Gasteiger partial charge on any atom is -0.333 e. The van der Waals surface area contributed by atoms with Gasteiger partial charge in [-0.15, -0.1) is 5.10 Å². The maximum Gasteiger partial charge on any atom is 0.321 e. The Bertz CT molecular complexity index is 856. The number of amides is 3. The van der Waals surface area contributed by atoms with Crippen LogP contribution in [0.5, 0.6) is 0 Å². The topological polar surface area (TPSA) is 76.0 Å². The van der Waals surface area contributed by atoms with Crippen LogP contribution in [-0.4, -0.2) is 32.5 Å². The molecule has 2 N–H and O–H groups in total. The zero-order valence-electron chi connectivity index (χ0n) is 14.7. The fourth-order valence-corrected chi connectivity index (χ4v) is 4.35. The van der Waals surface area contributed by atoms with Crippen molar-refractivity contribution in [3.8, 4) is 5.69 Å². The van der Waals surface area contributed by atoms with Crippen molar-refractivity contribution in [1.82, 2.24) is 20.4 Å². The van der Waals surface area contributed by atoms with Crippen LogP contribution in [-0.2, 0) is 4.79 Å². The summed E-state index contributed by atoms with van der Waals surface area (Å²) in [6.07, 6.45) is 0. The van der Waals surface area contributed by atoms with Gasteiger partial charge in [-0.2, -0.15) is 0 Å². The van der Waals surface area contributed by atoms with Crippen molar-refractivity contribution in [2.24, 2.45) is 0 Å². The molecule has 0 aliphatic carbocycles. The van der Waals surface area contributed by atoms with E-state index in [9.17, 15) is 14.0 Å². The summed E-state index contributed by atoms with van der Waals surface area (Å²) in [5.41, 5.74) is 0.203. The molecule has 6 nitrogen and oxygen atoms in total. The molecule has 1 atom stereocenters. The van der Waals surface area contributed by atoms with Crippen LogP contribution in [0, 0.1) is 9.77 Å². The number of benzene rings is 1. The van der Waals surface area contributed by atoms with Gasteiger partial charge in [0.2, 0.25) is 5.91 Å². The van der Waals surface area contributed by atoms with Crippen LogP contribution in [0.3, 0.4) is 0 Å². The molecule has 140 valence electrons. The fourth-order valence-electron chi connectivity index (χ4n) is 1.84. The summed E-state index contributed by atoms with van der Waals surface area (Å²) < 4.78 is 15.6. The van der Waals surface area contributed by atoms with Crippen molar-refractivity contribution in [2.45, 2.75) is 42.8 Å². The largest absolute Gasteiger partial charge is 0.333 e. The molecule has 1 heterocycles. The molecular weight excluding hydrogens is 395 g/mol. The van der Waals surface area contributed by atoms with Crippen LogP contribution in [0.1, 0.15) is 27.7 Å². The molecule has 0 saturated heterocycles. The first-order valence-electron chi connectivity index (χ1n) is 7.71. The molecule has 0 saturated carbocycles. The smallest absolute Gasteiger partial charge is 0.321 e. The molecule has 1 aromatic carbocycles. The highest BCUT2D eigenvalue weighted by molar-refractivity contribution is 8.02. The lowest BCUT2D eigenvalue weighted by Gasteiger charge is -2.20. The number of carbonyl (C=O) groups is 2. The number of rotatable bonds is 4. The summed E-state index contributed by atoms with van der Waals surface area (Å²) in [4.78, 5) is 23.9. The summed E-state index contributed by atoms with van der Waals surface area (Å²) in [6.45, 7) is 7.15. The Morgan fingerprint density at radius 2 is 1.92 bits per heavy atom. The number of halogens is 1. The second-order valence-electron chi connectivity index (χ2n) is 6.48. The Hall–Kier alpha value is -1.78. The number of aromatic nitrogens is 2. The molecule has 0 aliphatic heterocycles. The Balaban J connectivity index is 2.03. The number of hydrogen-bond donors (Lipinski definition) is 2. The van der Waals surface area contributed by atoms with E-state index in [1.807, 2.05) is 20.8 Å². The third-order valence-corrected chi connectivity index (χ3v) is 5.39. The Morgan fingerprint density at radius 3 is 2.50 bits per heavy atom. The first-order valence-corrected chi connectivity index (χ1v) is 9.81. The SMILES string of the molecule is C[C@H](Sc1nn(-c2ccc(F)cc2)c(=S)s1)C(=O)NC(=O)NC(C)(C)C. The average molecular weight is 415 g/mol. The van der Waals surface area contributed by atoms with Gasteiger partial charge in [0.25, 0.3) is 0 Å². The molecule has 0 spiro atoms. The van der Waals surface area contributed by atoms with E-state index in [2.05, 4.69) is 15.7 Å². The molecule has 0 radical (unpaired) electrons. The van der Waals surface area contributed by atoms with E-state index < -0.39 is 22.7 Å². The van der Waals surface area contributed by atoms with Crippen LogP contribution in [0.25, 0.3) is 5.69 Å². The fraction of sp³-hybridized carbons (Fsp3) is 0.375. The number of nitrogens with one attached hydrogen (secondary N) is 2. The molecule has 0 bridgehead atoms. The van der Waals surface area contributed by atoms with Gasteiger partial charge in [-0.3, -0.25) is 10.1 Å². The molecule has 26 heavy (non-hydrogen) atoms. The van der Waals surface area contributed by atoms with Gasteiger partial charge in [-0.25, -0.2) is 13.9 Å². The summed E-state index contributed by atoms with van der Waals surface area (Å²) in [5.74, 6) is -0.768. The second kappa shape index (κ2) is 8.28. The zero-order valence-corrected chi connectivity index (χ0v) is 17.1. The Labute approximate surface area is 164 Å². The van der Waals surface area contributed by atoms with Crippen molar-refractivity contribution in [3.63, 3.8) is 0 Å². The normalized spacial score (nSPS) is 12.5. The van der Waals surface area contributed by atoms with Gasteiger partial charge in [0.05, 0.1) is 10.9 Å². The van der Waals surface area contributed by atoms with Gasteiger partial charge in [-0.1, -0.05) is 23.1 Å². The number of carbonyl (C=O) groups excluding carboxylic acids is 2. The summed E-state index contributed by atoms with van der Waals surface area (Å²) >= 11 is 7.72. The summed E-state index contributed by atoms with van der Waals surface area (Å²) in [7, 11) is 0. The lowest BCUT2D eigenvalue weighted by Crippen LogP contribution is -2.49. The first kappa shape index (κ1) is 20.5. The van der Waals surface area contributed by atoms with E-state index >= 15 is 0 Å². The molecule has 2 rings (SSSR count). The third-order valence-electron chi connectivity index (χ3n) is 2.97. The maximum atomic E-state index is 13.0. The van der Waals surface area contributed by atoms with E-state index in [1.165, 1.54) is 39.9 Å². The lowest BCUT2D eigenvalue weighted by molar-refractivity contribution is -0.119. The van der Waals surface area contributed by atoms with Gasteiger partial charge in [0.15, 0.2) is 8.29 Å². The molecule has 0 aliphatic rings. The Morgan fingerprint density at radius 1 is 1.31 bits per heavy atom. The van der Waals surface area contributed by atoms with E-state index in [0.29, 0.717) is 14.0 Å². The molecule has 0 fully saturated rings.